The molecule has 6 nitrogen and oxygen atoms in total. The SMILES string of the molecule is Cc1ccc2c(Cc3ccc(C)c(Cl)c3F)ncc(NC(=O)c3csc4c(N)ncnc34)c2c1. The van der Waals surface area contributed by atoms with Crippen LogP contribution in [0, 0.1) is 19.7 Å². The molecule has 0 fully saturated rings. The predicted molar refractivity (Wildman–Crippen MR) is 135 cm³/mol. The minimum Gasteiger partial charge on any atom is -0.382 e. The highest BCUT2D eigenvalue weighted by Gasteiger charge is 2.18. The van der Waals surface area contributed by atoms with Crippen molar-refractivity contribution in [2.75, 3.05) is 11.1 Å². The number of anilines is 2. The Bertz CT molecular complexity index is 1600. The second-order valence-electron chi connectivity index (χ2n) is 8.05. The maximum absolute atomic E-state index is 14.7. The highest BCUT2D eigenvalue weighted by Crippen LogP contribution is 2.32. The lowest BCUT2D eigenvalue weighted by Crippen LogP contribution is -2.13. The fraction of sp³-hybridized carbons (Fsp3) is 0.120. The van der Waals surface area contributed by atoms with Gasteiger partial charge in [0.15, 0.2) is 0 Å². The summed E-state index contributed by atoms with van der Waals surface area (Å²) in [6.07, 6.45) is 3.21. The van der Waals surface area contributed by atoms with E-state index in [0.29, 0.717) is 44.1 Å². The molecule has 3 aromatic heterocycles. The van der Waals surface area contributed by atoms with E-state index in [2.05, 4.69) is 20.3 Å². The van der Waals surface area contributed by atoms with Crippen molar-refractivity contribution in [2.24, 2.45) is 0 Å². The van der Waals surface area contributed by atoms with Crippen LogP contribution in [0.15, 0.2) is 48.2 Å². The lowest BCUT2D eigenvalue weighted by molar-refractivity contribution is 0.102. The molecule has 0 radical (unpaired) electrons. The van der Waals surface area contributed by atoms with Crippen molar-refractivity contribution in [2.45, 2.75) is 20.3 Å². The van der Waals surface area contributed by atoms with Crippen molar-refractivity contribution >= 4 is 61.3 Å². The van der Waals surface area contributed by atoms with Crippen LogP contribution in [0.25, 0.3) is 21.0 Å². The number of nitrogens with two attached hydrogens (primary N) is 1. The lowest BCUT2D eigenvalue weighted by Gasteiger charge is -2.13. The lowest BCUT2D eigenvalue weighted by atomic mass is 10.00. The number of thiophene rings is 1. The predicted octanol–water partition coefficient (Wildman–Crippen LogP) is 6.07. The summed E-state index contributed by atoms with van der Waals surface area (Å²) in [5.41, 5.74) is 10.2. The Balaban J connectivity index is 1.54. The summed E-state index contributed by atoms with van der Waals surface area (Å²) in [7, 11) is 0. The fourth-order valence-corrected chi connectivity index (χ4v) is 4.96. The van der Waals surface area contributed by atoms with Crippen LogP contribution >= 0.6 is 22.9 Å². The molecule has 0 unspecified atom stereocenters. The summed E-state index contributed by atoms with van der Waals surface area (Å²) >= 11 is 7.43. The van der Waals surface area contributed by atoms with Crippen molar-refractivity contribution < 1.29 is 9.18 Å². The molecule has 0 spiro atoms. The Hall–Kier alpha value is -3.62. The first-order chi connectivity index (χ1) is 16.3. The molecule has 0 aliphatic carbocycles. The van der Waals surface area contributed by atoms with Crippen molar-refractivity contribution in [3.8, 4) is 0 Å². The van der Waals surface area contributed by atoms with E-state index in [1.807, 2.05) is 25.1 Å². The van der Waals surface area contributed by atoms with Crippen molar-refractivity contribution in [1.82, 2.24) is 15.0 Å². The Morgan fingerprint density at radius 2 is 1.97 bits per heavy atom. The molecule has 34 heavy (non-hydrogen) atoms. The number of hydrogen-bond acceptors (Lipinski definition) is 6. The van der Waals surface area contributed by atoms with Crippen LogP contribution in [-0.2, 0) is 6.42 Å². The van der Waals surface area contributed by atoms with Gasteiger partial charge < -0.3 is 11.1 Å². The number of aromatic nitrogens is 3. The number of nitrogen functional groups attached to an aromatic ring is 1. The average Bonchev–Trinajstić information content (AvgIpc) is 3.26. The molecule has 3 heterocycles. The second-order valence-corrected chi connectivity index (χ2v) is 9.31. The van der Waals surface area contributed by atoms with E-state index in [9.17, 15) is 9.18 Å². The van der Waals surface area contributed by atoms with Gasteiger partial charge in [0.05, 0.1) is 38.4 Å². The molecule has 0 aliphatic heterocycles. The first kappa shape index (κ1) is 22.2. The van der Waals surface area contributed by atoms with Gasteiger partial charge in [0, 0.05) is 22.6 Å². The van der Waals surface area contributed by atoms with E-state index in [1.165, 1.54) is 17.7 Å². The molecule has 0 saturated carbocycles. The van der Waals surface area contributed by atoms with E-state index < -0.39 is 5.82 Å². The van der Waals surface area contributed by atoms with Gasteiger partial charge in [-0.05, 0) is 31.0 Å². The molecule has 9 heteroatoms. The van der Waals surface area contributed by atoms with E-state index in [-0.39, 0.29) is 17.4 Å². The maximum Gasteiger partial charge on any atom is 0.258 e. The first-order valence-corrected chi connectivity index (χ1v) is 11.7. The van der Waals surface area contributed by atoms with E-state index in [4.69, 9.17) is 17.3 Å². The molecule has 0 aliphatic rings. The topological polar surface area (TPSA) is 93.8 Å². The van der Waals surface area contributed by atoms with Gasteiger partial charge in [-0.3, -0.25) is 9.78 Å². The maximum atomic E-state index is 14.7. The first-order valence-electron chi connectivity index (χ1n) is 10.4. The van der Waals surface area contributed by atoms with E-state index in [0.717, 1.165) is 16.3 Å². The molecule has 0 bridgehead atoms. The van der Waals surface area contributed by atoms with E-state index in [1.54, 1.807) is 30.6 Å². The molecule has 5 rings (SSSR count). The number of carbonyl (C=O) groups is 1. The molecule has 0 atom stereocenters. The average molecular weight is 492 g/mol. The van der Waals surface area contributed by atoms with Crippen LogP contribution in [0.5, 0.6) is 0 Å². The van der Waals surface area contributed by atoms with Crippen LogP contribution in [-0.4, -0.2) is 20.9 Å². The Morgan fingerprint density at radius 3 is 2.79 bits per heavy atom. The van der Waals surface area contributed by atoms with E-state index >= 15 is 0 Å². The van der Waals surface area contributed by atoms with Gasteiger partial charge >= 0.3 is 0 Å². The number of amides is 1. The highest BCUT2D eigenvalue weighted by atomic mass is 35.5. The summed E-state index contributed by atoms with van der Waals surface area (Å²) in [5.74, 6) is -0.422. The number of carbonyl (C=O) groups excluding carboxylic acids is 1. The smallest absolute Gasteiger partial charge is 0.258 e. The van der Waals surface area contributed by atoms with Crippen LogP contribution < -0.4 is 11.1 Å². The third-order valence-electron chi connectivity index (χ3n) is 5.71. The standard InChI is InChI=1S/C25H19ClFN5OS/c1-12-3-6-15-16(7-12)19(9-29-18(15)8-14-5-4-13(2)20(26)21(14)27)32-25(33)17-10-34-23-22(17)30-11-31-24(23)28/h3-7,9-11H,8H2,1-2H3,(H,32,33)(H2,28,30,31). The molecule has 0 saturated heterocycles. The van der Waals surface area contributed by atoms with Gasteiger partial charge in [0.2, 0.25) is 0 Å². The van der Waals surface area contributed by atoms with Crippen molar-refractivity contribution in [3.63, 3.8) is 0 Å². The molecule has 170 valence electrons. The Morgan fingerprint density at radius 1 is 1.15 bits per heavy atom. The number of nitrogens with zero attached hydrogens (tertiary/aromatic N) is 3. The summed E-state index contributed by atoms with van der Waals surface area (Å²) < 4.78 is 15.4. The van der Waals surface area contributed by atoms with Gasteiger partial charge in [0.1, 0.15) is 18.0 Å². The summed E-state index contributed by atoms with van der Waals surface area (Å²) in [6, 6.07) is 9.39. The van der Waals surface area contributed by atoms with Crippen molar-refractivity contribution in [3.05, 3.63) is 87.0 Å². The molecule has 3 N–H and O–H groups in total. The number of aryl methyl sites for hydroxylation is 2. The van der Waals surface area contributed by atoms with Gasteiger partial charge in [0.25, 0.3) is 5.91 Å². The quantitative estimate of drug-likeness (QED) is 0.318. The van der Waals surface area contributed by atoms with Crippen LogP contribution in [0.1, 0.15) is 32.7 Å². The minimum atomic E-state index is -0.438. The zero-order valence-corrected chi connectivity index (χ0v) is 19.9. The second kappa shape index (κ2) is 8.62. The number of fused-ring (bicyclic) bond motifs is 2. The Labute approximate surface area is 203 Å². The summed E-state index contributed by atoms with van der Waals surface area (Å²) in [4.78, 5) is 25.9. The summed E-state index contributed by atoms with van der Waals surface area (Å²) in [5, 5.41) is 6.42. The monoisotopic (exact) mass is 491 g/mol. The molecule has 2 aromatic carbocycles. The molecule has 1 amide bonds. The van der Waals surface area contributed by atoms with Gasteiger partial charge in [-0.2, -0.15) is 0 Å². The molecular formula is C25H19ClFN5OS. The van der Waals surface area contributed by atoms with Crippen LogP contribution in [0.4, 0.5) is 15.9 Å². The van der Waals surface area contributed by atoms with Gasteiger partial charge in [-0.1, -0.05) is 41.4 Å². The molecular weight excluding hydrogens is 473 g/mol. The number of hydrogen-bond donors (Lipinski definition) is 2. The van der Waals surface area contributed by atoms with Crippen molar-refractivity contribution in [1.29, 1.82) is 0 Å². The largest absolute Gasteiger partial charge is 0.382 e. The number of pyridine rings is 1. The minimum absolute atomic E-state index is 0.119. The normalized spacial score (nSPS) is 11.3. The van der Waals surface area contributed by atoms with Crippen LogP contribution in [0.3, 0.4) is 0 Å². The highest BCUT2D eigenvalue weighted by molar-refractivity contribution is 7.18. The summed E-state index contributed by atoms with van der Waals surface area (Å²) in [6.45, 7) is 3.73. The zero-order chi connectivity index (χ0) is 24.0. The van der Waals surface area contributed by atoms with Gasteiger partial charge in [-0.15, -0.1) is 11.3 Å². The van der Waals surface area contributed by atoms with Crippen LogP contribution in [0.2, 0.25) is 5.02 Å². The Kier molecular flexibility index (Phi) is 5.63. The zero-order valence-electron chi connectivity index (χ0n) is 18.3. The molecule has 5 aromatic rings. The number of rotatable bonds is 4. The number of nitrogens with one attached hydrogen (secondary N) is 1. The fourth-order valence-electron chi connectivity index (χ4n) is 3.88. The third kappa shape index (κ3) is 3.85. The third-order valence-corrected chi connectivity index (χ3v) is 7.17. The number of halogens is 2. The number of benzene rings is 2. The van der Waals surface area contributed by atoms with Gasteiger partial charge in [-0.25, -0.2) is 14.4 Å².